The van der Waals surface area contributed by atoms with Crippen molar-refractivity contribution < 1.29 is 0 Å². The van der Waals surface area contributed by atoms with Crippen LogP contribution in [0.3, 0.4) is 0 Å². The number of rotatable bonds is 0. The number of fused-ring (bicyclic) bond motifs is 2. The largest absolute Gasteiger partial charge is 0.385 e. The standard InChI is InChI=1S/C11H15N.C2H6/c1-2-4-12-11-7-10-6-9(10)5-8(11)3-1;1-2/h5,7,9-10,12H,1-4,6H2;1-2H3. The topological polar surface area (TPSA) is 12.0 Å². The van der Waals surface area contributed by atoms with E-state index < -0.39 is 0 Å². The van der Waals surface area contributed by atoms with Gasteiger partial charge >= 0.3 is 0 Å². The molecule has 3 aliphatic rings. The summed E-state index contributed by atoms with van der Waals surface area (Å²) < 4.78 is 0. The minimum absolute atomic E-state index is 0.898. The van der Waals surface area contributed by atoms with Gasteiger partial charge in [-0.15, -0.1) is 0 Å². The van der Waals surface area contributed by atoms with Crippen molar-refractivity contribution in [3.8, 4) is 0 Å². The van der Waals surface area contributed by atoms with Crippen LogP contribution in [0.25, 0.3) is 0 Å². The number of hydrogen-bond acceptors (Lipinski definition) is 1. The van der Waals surface area contributed by atoms with Crippen molar-refractivity contribution in [2.75, 3.05) is 6.54 Å². The quantitative estimate of drug-likeness (QED) is 0.620. The Bertz CT molecular complexity index is 236. The molecule has 0 bridgehead atoms. The van der Waals surface area contributed by atoms with E-state index in [0.717, 1.165) is 11.8 Å². The Kier molecular flexibility index (Phi) is 2.95. The summed E-state index contributed by atoms with van der Waals surface area (Å²) in [7, 11) is 0. The molecular formula is C13H21N. The lowest BCUT2D eigenvalue weighted by atomic mass is 10.0. The van der Waals surface area contributed by atoms with Crippen LogP contribution in [0.15, 0.2) is 23.4 Å². The molecule has 0 aromatic rings. The molecule has 14 heavy (non-hydrogen) atoms. The maximum atomic E-state index is 3.53. The summed E-state index contributed by atoms with van der Waals surface area (Å²) in [6, 6.07) is 0. The first kappa shape index (κ1) is 9.82. The third-order valence-corrected chi connectivity index (χ3v) is 3.22. The van der Waals surface area contributed by atoms with Crippen molar-refractivity contribution in [2.24, 2.45) is 11.8 Å². The second-order valence-electron chi connectivity index (χ2n) is 4.22. The summed E-state index contributed by atoms with van der Waals surface area (Å²) in [5, 5.41) is 3.53. The summed E-state index contributed by atoms with van der Waals surface area (Å²) in [6.07, 6.45) is 10.4. The molecule has 2 aliphatic carbocycles. The van der Waals surface area contributed by atoms with Gasteiger partial charge in [0, 0.05) is 12.2 Å². The summed E-state index contributed by atoms with van der Waals surface area (Å²) >= 11 is 0. The van der Waals surface area contributed by atoms with E-state index in [1.54, 1.807) is 5.57 Å². The van der Waals surface area contributed by atoms with Crippen molar-refractivity contribution in [1.29, 1.82) is 0 Å². The van der Waals surface area contributed by atoms with Crippen LogP contribution in [0.1, 0.15) is 39.5 Å². The predicted octanol–water partition coefficient (Wildman–Crippen LogP) is 3.25. The van der Waals surface area contributed by atoms with Crippen molar-refractivity contribution in [3.05, 3.63) is 23.4 Å². The molecule has 2 unspecified atom stereocenters. The van der Waals surface area contributed by atoms with E-state index in [2.05, 4.69) is 17.5 Å². The van der Waals surface area contributed by atoms with Gasteiger partial charge in [0.2, 0.25) is 0 Å². The Labute approximate surface area is 87.3 Å². The number of allylic oxidation sites excluding steroid dienone is 3. The van der Waals surface area contributed by atoms with Crippen LogP contribution in [0, 0.1) is 11.8 Å². The lowest BCUT2D eigenvalue weighted by Gasteiger charge is -2.13. The van der Waals surface area contributed by atoms with E-state index in [0.29, 0.717) is 0 Å². The second-order valence-corrected chi connectivity index (χ2v) is 4.22. The van der Waals surface area contributed by atoms with E-state index >= 15 is 0 Å². The summed E-state index contributed by atoms with van der Waals surface area (Å²) in [5.74, 6) is 1.82. The fourth-order valence-corrected chi connectivity index (χ4v) is 2.34. The van der Waals surface area contributed by atoms with Gasteiger partial charge in [0.05, 0.1) is 0 Å². The lowest BCUT2D eigenvalue weighted by Crippen LogP contribution is -2.15. The maximum absolute atomic E-state index is 3.53. The third-order valence-electron chi connectivity index (χ3n) is 3.22. The highest BCUT2D eigenvalue weighted by atomic mass is 14.9. The molecule has 0 aromatic heterocycles. The van der Waals surface area contributed by atoms with Gasteiger partial charge in [0.1, 0.15) is 0 Å². The molecule has 1 heteroatoms. The first-order valence-corrected chi connectivity index (χ1v) is 6.10. The van der Waals surface area contributed by atoms with Gasteiger partial charge in [-0.2, -0.15) is 0 Å². The number of hydrogen-bond donors (Lipinski definition) is 1. The maximum Gasteiger partial charge on any atom is 0.0332 e. The highest BCUT2D eigenvalue weighted by Crippen LogP contribution is 2.46. The van der Waals surface area contributed by atoms with Crippen LogP contribution < -0.4 is 5.32 Å². The summed E-state index contributed by atoms with van der Waals surface area (Å²) in [6.45, 7) is 5.18. The average molecular weight is 191 g/mol. The Morgan fingerprint density at radius 1 is 1.14 bits per heavy atom. The molecule has 3 rings (SSSR count). The molecule has 0 amide bonds. The van der Waals surface area contributed by atoms with Crippen LogP contribution in [-0.2, 0) is 0 Å². The molecule has 2 atom stereocenters. The van der Waals surface area contributed by atoms with E-state index in [4.69, 9.17) is 0 Å². The smallest absolute Gasteiger partial charge is 0.0332 e. The van der Waals surface area contributed by atoms with Crippen molar-refractivity contribution in [3.63, 3.8) is 0 Å². The van der Waals surface area contributed by atoms with Crippen LogP contribution >= 0.6 is 0 Å². The van der Waals surface area contributed by atoms with E-state index in [9.17, 15) is 0 Å². The third kappa shape index (κ3) is 1.87. The van der Waals surface area contributed by atoms with Crippen LogP contribution in [0.4, 0.5) is 0 Å². The van der Waals surface area contributed by atoms with Crippen molar-refractivity contribution >= 4 is 0 Å². The van der Waals surface area contributed by atoms with Gasteiger partial charge in [-0.25, -0.2) is 0 Å². The molecule has 1 saturated carbocycles. The molecule has 0 spiro atoms. The Morgan fingerprint density at radius 3 is 2.79 bits per heavy atom. The fraction of sp³-hybridized carbons (Fsp3) is 0.692. The minimum atomic E-state index is 0.898. The molecule has 1 aliphatic heterocycles. The Balaban J connectivity index is 0.000000354. The fourth-order valence-electron chi connectivity index (χ4n) is 2.34. The molecule has 0 radical (unpaired) electrons. The van der Waals surface area contributed by atoms with Gasteiger partial charge in [-0.3, -0.25) is 0 Å². The van der Waals surface area contributed by atoms with Crippen LogP contribution in [-0.4, -0.2) is 6.54 Å². The van der Waals surface area contributed by atoms with Crippen LogP contribution in [0.5, 0.6) is 0 Å². The van der Waals surface area contributed by atoms with Gasteiger partial charge in [-0.05, 0) is 43.1 Å². The second kappa shape index (κ2) is 4.20. The number of nitrogens with one attached hydrogen (secondary N) is 1. The highest BCUT2D eigenvalue weighted by molar-refractivity contribution is 5.38. The van der Waals surface area contributed by atoms with Gasteiger partial charge < -0.3 is 5.32 Å². The predicted molar refractivity (Wildman–Crippen MR) is 61.0 cm³/mol. The molecule has 1 saturated heterocycles. The first-order valence-electron chi connectivity index (χ1n) is 6.10. The monoisotopic (exact) mass is 191 g/mol. The zero-order valence-electron chi connectivity index (χ0n) is 9.34. The van der Waals surface area contributed by atoms with E-state index in [-0.39, 0.29) is 0 Å². The molecular weight excluding hydrogens is 170 g/mol. The van der Waals surface area contributed by atoms with E-state index in [1.807, 2.05) is 13.8 Å². The Hall–Kier alpha value is -0.720. The van der Waals surface area contributed by atoms with Gasteiger partial charge in [0.25, 0.3) is 0 Å². The normalized spacial score (nSPS) is 33.0. The lowest BCUT2D eigenvalue weighted by molar-refractivity contribution is 0.730. The molecule has 1 nitrogen and oxygen atoms in total. The van der Waals surface area contributed by atoms with Crippen molar-refractivity contribution in [1.82, 2.24) is 5.32 Å². The van der Waals surface area contributed by atoms with Crippen LogP contribution in [0.2, 0.25) is 0 Å². The zero-order chi connectivity index (χ0) is 9.97. The first-order chi connectivity index (χ1) is 6.93. The molecule has 0 aromatic carbocycles. The van der Waals surface area contributed by atoms with Crippen molar-refractivity contribution in [2.45, 2.75) is 39.5 Å². The molecule has 78 valence electrons. The summed E-state index contributed by atoms with van der Waals surface area (Å²) in [5.41, 5.74) is 3.07. The molecule has 1 N–H and O–H groups in total. The van der Waals surface area contributed by atoms with Gasteiger partial charge in [-0.1, -0.05) is 26.0 Å². The summed E-state index contributed by atoms with van der Waals surface area (Å²) in [4.78, 5) is 0. The highest BCUT2D eigenvalue weighted by Gasteiger charge is 2.37. The molecule has 1 heterocycles. The average Bonchev–Trinajstić information content (AvgIpc) is 2.99. The SMILES string of the molecule is C1=C2CCCCNC2=CC2CC12.CC. The zero-order valence-corrected chi connectivity index (χ0v) is 9.34. The minimum Gasteiger partial charge on any atom is -0.385 e. The van der Waals surface area contributed by atoms with Gasteiger partial charge in [0.15, 0.2) is 0 Å². The molecule has 2 fully saturated rings. The Morgan fingerprint density at radius 2 is 1.93 bits per heavy atom. The van der Waals surface area contributed by atoms with E-state index in [1.165, 1.54) is 37.9 Å².